The molecular weight excluding hydrogens is 364 g/mol. The molecule has 1 atom stereocenters. The molecule has 1 fully saturated rings. The van der Waals surface area contributed by atoms with Crippen molar-refractivity contribution in [1.82, 2.24) is 19.1 Å². The summed E-state index contributed by atoms with van der Waals surface area (Å²) in [5.74, 6) is 0.769. The number of aryl methyl sites for hydroxylation is 1. The fourth-order valence-electron chi connectivity index (χ4n) is 3.24. The number of aromatic nitrogens is 4. The van der Waals surface area contributed by atoms with Crippen molar-refractivity contribution < 1.29 is 4.79 Å². The summed E-state index contributed by atoms with van der Waals surface area (Å²) in [5.41, 5.74) is -0.870. The second-order valence-electron chi connectivity index (χ2n) is 8.18. The Morgan fingerprint density at radius 2 is 1.70 bits per heavy atom. The van der Waals surface area contributed by atoms with Gasteiger partial charge in [0.15, 0.2) is 5.65 Å². The normalized spacial score (nSPS) is 18.7. The fourth-order valence-corrected chi connectivity index (χ4v) is 4.48. The van der Waals surface area contributed by atoms with E-state index in [1.54, 1.807) is 7.05 Å². The van der Waals surface area contributed by atoms with E-state index >= 15 is 0 Å². The van der Waals surface area contributed by atoms with E-state index in [0.29, 0.717) is 28.3 Å². The maximum Gasteiger partial charge on any atom is 0.332 e. The number of nitrogens with zero attached hydrogens (tertiary/aromatic N) is 4. The highest BCUT2D eigenvalue weighted by Gasteiger charge is 2.28. The Morgan fingerprint density at radius 1 is 1.00 bits per heavy atom. The van der Waals surface area contributed by atoms with Crippen LogP contribution in [0.3, 0.4) is 0 Å². The van der Waals surface area contributed by atoms with Gasteiger partial charge in [0.25, 0.3) is 5.56 Å². The molecule has 0 spiro atoms. The lowest BCUT2D eigenvalue weighted by Crippen LogP contribution is -2.38. The second-order valence-corrected chi connectivity index (χ2v) is 9.37. The van der Waals surface area contributed by atoms with Crippen LogP contribution in [0.15, 0.2) is 14.6 Å². The third-order valence-electron chi connectivity index (χ3n) is 4.94. The predicted octanol–water partition coefficient (Wildman–Crippen LogP) is 2.32. The zero-order valence-electron chi connectivity index (χ0n) is 16.5. The number of carbonyl (C=O) groups excluding carboxylic acids is 1. The van der Waals surface area contributed by atoms with Gasteiger partial charge in [-0.25, -0.2) is 14.8 Å². The van der Waals surface area contributed by atoms with Crippen LogP contribution in [0.2, 0.25) is 0 Å². The quantitative estimate of drug-likeness (QED) is 0.578. The number of hydrogen-bond donors (Lipinski definition) is 0. The fraction of sp³-hybridized carbons (Fsp3) is 0.632. The molecule has 1 aliphatic rings. The number of thioether (sulfide) groups is 1. The molecule has 8 heteroatoms. The highest BCUT2D eigenvalue weighted by molar-refractivity contribution is 8.00. The summed E-state index contributed by atoms with van der Waals surface area (Å²) in [6, 6.07) is 0. The van der Waals surface area contributed by atoms with Gasteiger partial charge < -0.3 is 0 Å². The average Bonchev–Trinajstić information content (AvgIpc) is 2.81. The molecule has 0 bridgehead atoms. The van der Waals surface area contributed by atoms with Crippen molar-refractivity contribution in [3.63, 3.8) is 0 Å². The van der Waals surface area contributed by atoms with Crippen LogP contribution >= 0.6 is 11.8 Å². The molecule has 0 aromatic carbocycles. The molecule has 0 unspecified atom stereocenters. The monoisotopic (exact) mass is 390 g/mol. The minimum Gasteiger partial charge on any atom is -0.298 e. The molecule has 0 radical (unpaired) electrons. The molecular formula is C19H26N4O3S. The maximum atomic E-state index is 12.8. The Hall–Kier alpha value is -1.96. The molecule has 2 aromatic heterocycles. The smallest absolute Gasteiger partial charge is 0.298 e. The molecule has 1 aliphatic carbocycles. The Balaban J connectivity index is 2.27. The first-order valence-corrected chi connectivity index (χ1v) is 10.2. The molecule has 0 amide bonds. The Bertz CT molecular complexity index is 1020. The topological polar surface area (TPSA) is 86.8 Å². The van der Waals surface area contributed by atoms with Crippen LogP contribution in [-0.4, -0.2) is 30.1 Å². The van der Waals surface area contributed by atoms with Gasteiger partial charge in [0.05, 0.1) is 5.25 Å². The van der Waals surface area contributed by atoms with E-state index in [4.69, 9.17) is 0 Å². The van der Waals surface area contributed by atoms with Gasteiger partial charge in [-0.3, -0.25) is 18.7 Å². The Kier molecular flexibility index (Phi) is 5.29. The third-order valence-corrected chi connectivity index (χ3v) is 6.24. The number of rotatable bonds is 2. The molecule has 7 nitrogen and oxygen atoms in total. The molecule has 2 heterocycles. The summed E-state index contributed by atoms with van der Waals surface area (Å²) in [4.78, 5) is 46.9. The minimum absolute atomic E-state index is 0.208. The van der Waals surface area contributed by atoms with Crippen molar-refractivity contribution in [1.29, 1.82) is 0 Å². The second kappa shape index (κ2) is 7.22. The van der Waals surface area contributed by atoms with E-state index < -0.39 is 11.2 Å². The summed E-state index contributed by atoms with van der Waals surface area (Å²) in [5, 5.41) is 0.608. The lowest BCUT2D eigenvalue weighted by atomic mass is 9.96. The largest absolute Gasteiger partial charge is 0.332 e. The number of ketones is 1. The van der Waals surface area contributed by atoms with Crippen molar-refractivity contribution in [3.8, 4) is 0 Å². The molecule has 0 N–H and O–H groups in total. The van der Waals surface area contributed by atoms with Gasteiger partial charge >= 0.3 is 5.69 Å². The SMILES string of the molecule is Cn1c(=O)c2c(S[C@@H]3CCCCCC3=O)nc(C(C)(C)C)nc2n(C)c1=O. The maximum absolute atomic E-state index is 12.8. The number of hydrogen-bond acceptors (Lipinski definition) is 6. The Labute approximate surface area is 162 Å². The van der Waals surface area contributed by atoms with E-state index in [1.807, 2.05) is 20.8 Å². The molecule has 1 saturated carbocycles. The third kappa shape index (κ3) is 3.72. The molecule has 3 rings (SSSR count). The summed E-state index contributed by atoms with van der Waals surface area (Å²) < 4.78 is 2.45. The van der Waals surface area contributed by atoms with Crippen molar-refractivity contribution in [2.75, 3.05) is 0 Å². The zero-order chi connectivity index (χ0) is 19.9. The average molecular weight is 391 g/mol. The van der Waals surface area contributed by atoms with Crippen LogP contribution in [0.1, 0.15) is 58.7 Å². The molecule has 0 aliphatic heterocycles. The van der Waals surface area contributed by atoms with Gasteiger partial charge in [0, 0.05) is 25.9 Å². The lowest BCUT2D eigenvalue weighted by Gasteiger charge is -2.20. The van der Waals surface area contributed by atoms with Crippen molar-refractivity contribution in [3.05, 3.63) is 26.7 Å². The lowest BCUT2D eigenvalue weighted by molar-refractivity contribution is -0.118. The predicted molar refractivity (Wildman–Crippen MR) is 106 cm³/mol. The van der Waals surface area contributed by atoms with Crippen LogP contribution < -0.4 is 11.2 Å². The highest BCUT2D eigenvalue weighted by Crippen LogP contribution is 2.33. The van der Waals surface area contributed by atoms with Gasteiger partial charge in [0.2, 0.25) is 0 Å². The van der Waals surface area contributed by atoms with Crippen LogP contribution in [-0.2, 0) is 24.3 Å². The molecule has 27 heavy (non-hydrogen) atoms. The van der Waals surface area contributed by atoms with E-state index in [1.165, 1.54) is 23.4 Å². The molecule has 146 valence electrons. The summed E-state index contributed by atoms with van der Waals surface area (Å²) in [7, 11) is 3.06. The van der Waals surface area contributed by atoms with Gasteiger partial charge in [-0.15, -0.1) is 0 Å². The van der Waals surface area contributed by atoms with E-state index in [-0.39, 0.29) is 16.4 Å². The summed E-state index contributed by atoms with van der Waals surface area (Å²) >= 11 is 1.35. The van der Waals surface area contributed by atoms with Crippen LogP contribution in [0.4, 0.5) is 0 Å². The zero-order valence-corrected chi connectivity index (χ0v) is 17.4. The minimum atomic E-state index is -0.424. The van der Waals surface area contributed by atoms with Crippen LogP contribution in [0, 0.1) is 0 Å². The highest BCUT2D eigenvalue weighted by atomic mass is 32.2. The van der Waals surface area contributed by atoms with Crippen LogP contribution in [0.5, 0.6) is 0 Å². The summed E-state index contributed by atoms with van der Waals surface area (Å²) in [6.07, 6.45) is 4.32. The number of carbonyl (C=O) groups is 1. The number of Topliss-reactive ketones (excluding diaryl/α,β-unsaturated/α-hetero) is 1. The van der Waals surface area contributed by atoms with Gasteiger partial charge in [-0.2, -0.15) is 0 Å². The Morgan fingerprint density at radius 3 is 2.37 bits per heavy atom. The van der Waals surface area contributed by atoms with Gasteiger partial charge in [-0.1, -0.05) is 45.4 Å². The first kappa shape index (κ1) is 19.8. The van der Waals surface area contributed by atoms with Crippen molar-refractivity contribution >= 4 is 28.6 Å². The van der Waals surface area contributed by atoms with Gasteiger partial charge in [-0.05, 0) is 12.8 Å². The van der Waals surface area contributed by atoms with Crippen molar-refractivity contribution in [2.24, 2.45) is 14.1 Å². The molecule has 0 saturated heterocycles. The van der Waals surface area contributed by atoms with Gasteiger partial charge in [0.1, 0.15) is 22.0 Å². The van der Waals surface area contributed by atoms with E-state index in [0.717, 1.165) is 30.3 Å². The summed E-state index contributed by atoms with van der Waals surface area (Å²) in [6.45, 7) is 5.95. The molecule has 2 aromatic rings. The van der Waals surface area contributed by atoms with E-state index in [9.17, 15) is 14.4 Å². The van der Waals surface area contributed by atoms with E-state index in [2.05, 4.69) is 9.97 Å². The standard InChI is InChI=1S/C19H26N4O3S/c1-19(2,3)17-20-14-13(16(25)23(5)18(26)22(14)4)15(21-17)27-12-10-8-6-7-9-11(12)24/h12H,6-10H2,1-5H3/t12-/m1/s1. The van der Waals surface area contributed by atoms with Crippen LogP contribution in [0.25, 0.3) is 11.0 Å². The first-order valence-electron chi connectivity index (χ1n) is 9.29. The number of fused-ring (bicyclic) bond motifs is 1. The van der Waals surface area contributed by atoms with Crippen molar-refractivity contribution in [2.45, 2.75) is 68.6 Å². The first-order chi connectivity index (χ1) is 12.6.